The summed E-state index contributed by atoms with van der Waals surface area (Å²) in [5, 5.41) is 2.48. The average molecular weight is 448 g/mol. The Morgan fingerprint density at radius 1 is 0.735 bits per heavy atom. The van der Waals surface area contributed by atoms with Crippen molar-refractivity contribution in [3.05, 3.63) is 118 Å². The van der Waals surface area contributed by atoms with Gasteiger partial charge in [-0.1, -0.05) is 42.5 Å². The molecule has 7 nitrogen and oxygen atoms in total. The standard InChI is InChI=1S/C27H20N4O3/c1-17-28-24-9-5-4-8-23(24)27(34)31(17)22-14-12-19(13-15-22)25(32)29-30-26(33)21-11-10-18-6-2-3-7-20(18)16-21/h2-16H,1H3,(H,29,32)(H,30,33). The third kappa shape index (κ3) is 3.91. The first-order valence-electron chi connectivity index (χ1n) is 10.7. The zero-order valence-electron chi connectivity index (χ0n) is 18.3. The molecule has 4 aromatic carbocycles. The lowest BCUT2D eigenvalue weighted by atomic mass is 10.1. The van der Waals surface area contributed by atoms with Crippen LogP contribution in [0.2, 0.25) is 0 Å². The van der Waals surface area contributed by atoms with Crippen LogP contribution in [0, 0.1) is 6.92 Å². The monoisotopic (exact) mass is 448 g/mol. The molecule has 0 aliphatic heterocycles. The normalized spacial score (nSPS) is 10.9. The number of rotatable bonds is 3. The van der Waals surface area contributed by atoms with Gasteiger partial charge in [0.25, 0.3) is 17.4 Å². The van der Waals surface area contributed by atoms with Crippen LogP contribution >= 0.6 is 0 Å². The molecule has 2 N–H and O–H groups in total. The van der Waals surface area contributed by atoms with Crippen LogP contribution in [0.4, 0.5) is 0 Å². The molecule has 5 rings (SSSR count). The number of fused-ring (bicyclic) bond motifs is 2. The van der Waals surface area contributed by atoms with Crippen molar-refractivity contribution in [2.45, 2.75) is 6.92 Å². The van der Waals surface area contributed by atoms with Gasteiger partial charge in [-0.3, -0.25) is 29.8 Å². The summed E-state index contributed by atoms with van der Waals surface area (Å²) in [5.74, 6) is -0.343. The zero-order chi connectivity index (χ0) is 23.7. The van der Waals surface area contributed by atoms with Crippen molar-refractivity contribution in [1.29, 1.82) is 0 Å². The van der Waals surface area contributed by atoms with E-state index in [1.165, 1.54) is 4.57 Å². The third-order valence-corrected chi connectivity index (χ3v) is 5.63. The van der Waals surface area contributed by atoms with E-state index in [-0.39, 0.29) is 5.56 Å². The van der Waals surface area contributed by atoms with Crippen LogP contribution in [-0.2, 0) is 0 Å². The lowest BCUT2D eigenvalue weighted by Crippen LogP contribution is -2.41. The molecule has 0 saturated heterocycles. The maximum Gasteiger partial charge on any atom is 0.269 e. The van der Waals surface area contributed by atoms with Gasteiger partial charge in [0.1, 0.15) is 5.82 Å². The summed E-state index contributed by atoms with van der Waals surface area (Å²) in [6.45, 7) is 1.76. The molecule has 0 saturated carbocycles. The molecule has 1 aromatic heterocycles. The number of benzene rings is 4. The highest BCUT2D eigenvalue weighted by Gasteiger charge is 2.12. The Hall–Kier alpha value is -4.78. The van der Waals surface area contributed by atoms with Gasteiger partial charge in [0.2, 0.25) is 0 Å². The number of hydrogen-bond donors (Lipinski definition) is 2. The SMILES string of the molecule is Cc1nc2ccccc2c(=O)n1-c1ccc(C(=O)NNC(=O)c2ccc3ccccc3c2)cc1. The van der Waals surface area contributed by atoms with E-state index >= 15 is 0 Å². The smallest absolute Gasteiger partial charge is 0.268 e. The first kappa shape index (κ1) is 21.1. The van der Waals surface area contributed by atoms with Gasteiger partial charge in [0.15, 0.2) is 0 Å². The zero-order valence-corrected chi connectivity index (χ0v) is 18.3. The summed E-state index contributed by atoms with van der Waals surface area (Å²) in [7, 11) is 0. The predicted octanol–water partition coefficient (Wildman–Crippen LogP) is 3.92. The van der Waals surface area contributed by atoms with Gasteiger partial charge in [0, 0.05) is 11.1 Å². The largest absolute Gasteiger partial charge is 0.269 e. The first-order valence-corrected chi connectivity index (χ1v) is 10.7. The van der Waals surface area contributed by atoms with Gasteiger partial charge in [-0.25, -0.2) is 4.98 Å². The molecule has 0 aliphatic rings. The summed E-state index contributed by atoms with van der Waals surface area (Å²) in [6.07, 6.45) is 0. The summed E-state index contributed by atoms with van der Waals surface area (Å²) in [4.78, 5) is 42.5. The molecule has 0 spiro atoms. The second-order valence-electron chi connectivity index (χ2n) is 7.83. The second kappa shape index (κ2) is 8.63. The molecule has 5 aromatic rings. The maximum atomic E-state index is 13.0. The summed E-state index contributed by atoms with van der Waals surface area (Å²) in [6, 6.07) is 26.7. The van der Waals surface area contributed by atoms with Gasteiger partial charge in [-0.15, -0.1) is 0 Å². The highest BCUT2D eigenvalue weighted by atomic mass is 16.2. The highest BCUT2D eigenvalue weighted by molar-refractivity contribution is 6.01. The molecule has 0 radical (unpaired) electrons. The molecule has 0 fully saturated rings. The molecule has 166 valence electrons. The number of amides is 2. The highest BCUT2D eigenvalue weighted by Crippen LogP contribution is 2.16. The number of aryl methyl sites for hydroxylation is 1. The Bertz CT molecular complexity index is 1620. The number of nitrogens with zero attached hydrogens (tertiary/aromatic N) is 2. The first-order chi connectivity index (χ1) is 16.5. The number of hydrogen-bond acceptors (Lipinski definition) is 4. The van der Waals surface area contributed by atoms with E-state index in [9.17, 15) is 14.4 Å². The van der Waals surface area contributed by atoms with E-state index < -0.39 is 11.8 Å². The summed E-state index contributed by atoms with van der Waals surface area (Å²) in [5.41, 5.74) is 6.70. The van der Waals surface area contributed by atoms with E-state index in [0.717, 1.165) is 10.8 Å². The molecule has 0 bridgehead atoms. The quantitative estimate of drug-likeness (QED) is 0.409. The van der Waals surface area contributed by atoms with E-state index in [1.807, 2.05) is 36.4 Å². The van der Waals surface area contributed by atoms with Crippen molar-refractivity contribution < 1.29 is 9.59 Å². The maximum absolute atomic E-state index is 13.0. The fraction of sp³-hybridized carbons (Fsp3) is 0.0370. The van der Waals surface area contributed by atoms with Crippen LogP contribution in [-0.4, -0.2) is 21.4 Å². The molecule has 0 unspecified atom stereocenters. The van der Waals surface area contributed by atoms with Crippen molar-refractivity contribution >= 4 is 33.5 Å². The van der Waals surface area contributed by atoms with Crippen molar-refractivity contribution in [3.8, 4) is 5.69 Å². The van der Waals surface area contributed by atoms with Crippen molar-refractivity contribution in [1.82, 2.24) is 20.4 Å². The fourth-order valence-corrected chi connectivity index (χ4v) is 3.90. The Kier molecular flexibility index (Phi) is 5.35. The average Bonchev–Trinajstić information content (AvgIpc) is 2.87. The number of hydrazine groups is 1. The molecular formula is C27H20N4O3. The number of para-hydroxylation sites is 1. The molecule has 7 heteroatoms. The van der Waals surface area contributed by atoms with Crippen molar-refractivity contribution in [2.75, 3.05) is 0 Å². The Labute approximate surface area is 194 Å². The molecule has 34 heavy (non-hydrogen) atoms. The van der Waals surface area contributed by atoms with Crippen LogP contribution in [0.5, 0.6) is 0 Å². The number of aromatic nitrogens is 2. The van der Waals surface area contributed by atoms with Crippen LogP contribution < -0.4 is 16.4 Å². The van der Waals surface area contributed by atoms with Crippen LogP contribution in [0.15, 0.2) is 95.8 Å². The fourth-order valence-electron chi connectivity index (χ4n) is 3.90. The number of carbonyl (C=O) groups excluding carboxylic acids is 2. The summed E-state index contributed by atoms with van der Waals surface area (Å²) < 4.78 is 1.51. The van der Waals surface area contributed by atoms with Crippen molar-refractivity contribution in [2.24, 2.45) is 0 Å². The minimum atomic E-state index is -0.471. The molecule has 2 amide bonds. The van der Waals surface area contributed by atoms with Crippen molar-refractivity contribution in [3.63, 3.8) is 0 Å². The number of nitrogens with one attached hydrogen (secondary N) is 2. The van der Waals surface area contributed by atoms with Crippen LogP contribution in [0.25, 0.3) is 27.4 Å². The van der Waals surface area contributed by atoms with Gasteiger partial charge < -0.3 is 0 Å². The van der Waals surface area contributed by atoms with Gasteiger partial charge in [0.05, 0.1) is 16.6 Å². The number of carbonyl (C=O) groups is 2. The van der Waals surface area contributed by atoms with E-state index in [0.29, 0.717) is 33.5 Å². The minimum absolute atomic E-state index is 0.178. The molecule has 0 aliphatic carbocycles. The Balaban J connectivity index is 1.32. The van der Waals surface area contributed by atoms with E-state index in [2.05, 4.69) is 15.8 Å². The Morgan fingerprint density at radius 3 is 2.12 bits per heavy atom. The van der Waals surface area contributed by atoms with Crippen LogP contribution in [0.1, 0.15) is 26.5 Å². The van der Waals surface area contributed by atoms with Gasteiger partial charge in [-0.2, -0.15) is 0 Å². The topological polar surface area (TPSA) is 93.1 Å². The molecule has 1 heterocycles. The molecule has 0 atom stereocenters. The summed E-state index contributed by atoms with van der Waals surface area (Å²) >= 11 is 0. The van der Waals surface area contributed by atoms with Crippen LogP contribution in [0.3, 0.4) is 0 Å². The van der Waals surface area contributed by atoms with Gasteiger partial charge in [-0.05, 0) is 66.2 Å². The Morgan fingerprint density at radius 2 is 1.35 bits per heavy atom. The molecular weight excluding hydrogens is 428 g/mol. The second-order valence-corrected chi connectivity index (χ2v) is 7.83. The third-order valence-electron chi connectivity index (χ3n) is 5.63. The lowest BCUT2D eigenvalue weighted by Gasteiger charge is -2.12. The lowest BCUT2D eigenvalue weighted by molar-refractivity contribution is 0.0847. The van der Waals surface area contributed by atoms with E-state index in [1.54, 1.807) is 61.5 Å². The predicted molar refractivity (Wildman–Crippen MR) is 131 cm³/mol. The minimum Gasteiger partial charge on any atom is -0.268 e. The van der Waals surface area contributed by atoms with Gasteiger partial charge >= 0.3 is 0 Å². The van der Waals surface area contributed by atoms with E-state index in [4.69, 9.17) is 0 Å².